The molecule has 3 aliphatic heterocycles. The summed E-state index contributed by atoms with van der Waals surface area (Å²) in [6, 6.07) is 69.9. The molecule has 6 heteroatoms. The van der Waals surface area contributed by atoms with Gasteiger partial charge in [-0.1, -0.05) is 206 Å². The number of benzene rings is 12. The Morgan fingerprint density at radius 3 is 0.557 bits per heavy atom. The van der Waals surface area contributed by atoms with Crippen LogP contribution in [-0.2, 0) is 38.5 Å². The van der Waals surface area contributed by atoms with Crippen molar-refractivity contribution in [1.82, 2.24) is 0 Å². The zero-order valence-corrected chi connectivity index (χ0v) is 83.5. The lowest BCUT2D eigenvalue weighted by Gasteiger charge is -2.25. The Morgan fingerprint density at radius 2 is 0.374 bits per heavy atom. The average Bonchev–Trinajstić information content (AvgIpc) is 1.52. The molecule has 0 unspecified atom stereocenters. The maximum absolute atomic E-state index is 4.08. The lowest BCUT2D eigenvalue weighted by atomic mass is 9.88. The highest BCUT2D eigenvalue weighted by Crippen LogP contribution is 2.54. The fourth-order valence-corrected chi connectivity index (χ4v) is 23.3. The van der Waals surface area contributed by atoms with E-state index in [1.165, 1.54) is 234 Å². The molecule has 0 spiro atoms. The maximum atomic E-state index is 4.08. The minimum absolute atomic E-state index is 0.363. The Bertz CT molecular complexity index is 6810. The molecular weight excluding hydrogens is 1590 g/mol. The molecule has 18 rings (SSSR count). The summed E-state index contributed by atoms with van der Waals surface area (Å²) in [6.07, 6.45) is 17.4. The molecule has 0 saturated carbocycles. The summed E-state index contributed by atoms with van der Waals surface area (Å²) in [5.74, 6) is 2.58. The molecule has 12 aromatic carbocycles. The predicted octanol–water partition coefficient (Wildman–Crippen LogP) is 31.4. The SMILES string of the molecule is C=CCc1cc(C)c([N+]2=C3C(=[N+](c4c(C(C)C)cc(CC=C)cc4C(C)C)C2(C)C)c2cccc4cccc3c24)c(C(C)C)c1.C=CCc1cc(C)c([N+]2=C3C(=[N+](c4c(C(C)C)cc(CC=C)cc4C(C)C)C2(C)C)c2cccc4cccc3c24)c(C)c1.C=CCc1cc(C)c([N+]2=C3C(=[N+](c4c(C)cc(CC=C)cc4C(C)C)C2(C)C)c2cccc4cccc3c24)c(C(C)C)c1. The van der Waals surface area contributed by atoms with Crippen LogP contribution < -0.4 is 0 Å². The summed E-state index contributed by atoms with van der Waals surface area (Å²) >= 11 is 0. The molecule has 0 amide bonds. The van der Waals surface area contributed by atoms with Crippen LogP contribution in [0, 0.1) is 34.6 Å². The minimum atomic E-state index is -0.387. The normalized spacial score (nSPS) is 15.3. The van der Waals surface area contributed by atoms with Crippen LogP contribution in [0.2, 0.25) is 0 Å². The van der Waals surface area contributed by atoms with Gasteiger partial charge in [-0.15, -0.1) is 66.9 Å². The van der Waals surface area contributed by atoms with Crippen LogP contribution in [0.15, 0.2) is 258 Å². The zero-order chi connectivity index (χ0) is 94.0. The van der Waals surface area contributed by atoms with Crippen molar-refractivity contribution >= 4 is 101 Å². The number of rotatable bonds is 25. The quantitative estimate of drug-likeness (QED) is 0.0401. The summed E-state index contributed by atoms with van der Waals surface area (Å²) in [5.41, 5.74) is 47.2. The van der Waals surface area contributed by atoms with Gasteiger partial charge in [0.15, 0.2) is 0 Å². The van der Waals surface area contributed by atoms with Crippen LogP contribution in [-0.4, -0.2) is 78.7 Å². The van der Waals surface area contributed by atoms with Gasteiger partial charge in [-0.2, -0.15) is 0 Å². The number of aryl methyl sites for hydroxylation is 5. The van der Waals surface area contributed by atoms with E-state index in [4.69, 9.17) is 0 Å². The molecule has 3 aliphatic carbocycles. The van der Waals surface area contributed by atoms with Crippen molar-refractivity contribution in [2.45, 2.75) is 270 Å². The van der Waals surface area contributed by atoms with Crippen molar-refractivity contribution in [2.75, 3.05) is 0 Å². The van der Waals surface area contributed by atoms with Crippen molar-refractivity contribution in [3.63, 3.8) is 0 Å². The number of allylic oxidation sites excluding steroid dienone is 6. The predicted molar refractivity (Wildman–Crippen MR) is 563 cm³/mol. The molecule has 0 fully saturated rings. The third-order valence-electron chi connectivity index (χ3n) is 28.7. The van der Waals surface area contributed by atoms with E-state index in [1.807, 2.05) is 36.5 Å². The van der Waals surface area contributed by atoms with Gasteiger partial charge in [0.2, 0.25) is 34.1 Å². The van der Waals surface area contributed by atoms with E-state index in [2.05, 4.69) is 422 Å². The van der Waals surface area contributed by atoms with E-state index in [0.717, 1.165) is 38.5 Å². The van der Waals surface area contributed by atoms with Crippen molar-refractivity contribution in [3.8, 4) is 0 Å². The van der Waals surface area contributed by atoms with Crippen LogP contribution in [0.25, 0.3) is 32.3 Å². The standard InChI is InChI=1S/C43H50N2.2C41H46N2/c1-12-16-30-22-29(9)39(35(23-30)26(3)4)44-41-33-20-14-18-32-19-15-21-34(38(32)33)42(41)45(43(44,10)11)40-36(27(5)6)24-31(17-13-2)25-37(40)28(7)8;1-11-15-29-21-27(7)37(34(23-29)25(3)4)42-39-32-19-13-17-31-18-14-20-33(36(31)32)40(39)43(41(42,9)10)38-28(8)22-30(16-12-2)24-35(38)26(5)6;1-11-15-29-21-27(7)37(28(8)22-29)42-39-32-19-13-17-31-18-14-20-33(36(31)32)40(39)43(41(42,9)10)38-34(25(3)4)23-30(16-12-2)24-35(38)26(5)6/h12-15,18-28H,1-2,16-17H2,3-11H3;2*11-14,17-26H,1-2,15-16H2,3-10H3/q3*+2. The number of hydrogen-bond acceptors (Lipinski definition) is 0. The minimum Gasteiger partial charge on any atom is -0.121 e. The van der Waals surface area contributed by atoms with E-state index in [-0.39, 0.29) is 17.0 Å². The molecule has 131 heavy (non-hydrogen) atoms. The van der Waals surface area contributed by atoms with Gasteiger partial charge in [0.25, 0.3) is 34.3 Å². The summed E-state index contributed by atoms with van der Waals surface area (Å²) < 4.78 is 16.1. The fraction of sp³-hybridized carbons (Fsp3) is 0.328. The van der Waals surface area contributed by atoms with Crippen LogP contribution in [0.4, 0.5) is 34.1 Å². The Hall–Kier alpha value is -12.1. The van der Waals surface area contributed by atoms with Crippen LogP contribution in [0.1, 0.15) is 313 Å². The Morgan fingerprint density at radius 1 is 0.221 bits per heavy atom. The van der Waals surface area contributed by atoms with Crippen molar-refractivity contribution in [2.24, 2.45) is 0 Å². The molecule has 6 nitrogen and oxygen atoms in total. The third-order valence-corrected chi connectivity index (χ3v) is 28.7. The van der Waals surface area contributed by atoms with Gasteiger partial charge < -0.3 is 0 Å². The maximum Gasteiger partial charge on any atom is 0.357 e. The molecule has 0 radical (unpaired) electrons. The van der Waals surface area contributed by atoms with E-state index in [1.54, 1.807) is 0 Å². The number of nitrogens with zero attached hydrogens (tertiary/aromatic N) is 6. The van der Waals surface area contributed by atoms with Gasteiger partial charge in [-0.3, -0.25) is 0 Å². The molecule has 0 saturated heterocycles. The first-order valence-electron chi connectivity index (χ1n) is 48.5. The van der Waals surface area contributed by atoms with Gasteiger partial charge in [-0.25, -0.2) is 0 Å². The Balaban J connectivity index is 0.000000144. The number of hydrogen-bond donors (Lipinski definition) is 0. The highest BCUT2D eigenvalue weighted by molar-refractivity contribution is 6.60. The molecule has 6 aliphatic rings. The van der Waals surface area contributed by atoms with Crippen molar-refractivity contribution in [3.05, 3.63) is 391 Å². The van der Waals surface area contributed by atoms with E-state index >= 15 is 0 Å². The highest BCUT2D eigenvalue weighted by atomic mass is 15.4. The second-order valence-electron chi connectivity index (χ2n) is 41.6. The van der Waals surface area contributed by atoms with Crippen molar-refractivity contribution < 1.29 is 27.5 Å². The lowest BCUT2D eigenvalue weighted by Crippen LogP contribution is -2.41. The van der Waals surface area contributed by atoms with Crippen LogP contribution in [0.3, 0.4) is 0 Å². The Kier molecular flexibility index (Phi) is 25.0. The van der Waals surface area contributed by atoms with Gasteiger partial charge in [0.1, 0.15) is 0 Å². The molecule has 0 atom stereocenters. The first-order chi connectivity index (χ1) is 62.4. The van der Waals surface area contributed by atoms with Gasteiger partial charge in [0.05, 0.1) is 74.9 Å². The zero-order valence-electron chi connectivity index (χ0n) is 83.5. The monoisotopic (exact) mass is 1730 g/mol. The van der Waals surface area contributed by atoms with Gasteiger partial charge >= 0.3 is 17.0 Å². The van der Waals surface area contributed by atoms with Crippen LogP contribution >= 0.6 is 0 Å². The summed E-state index contributed by atoms with van der Waals surface area (Å²) in [4.78, 5) is 0. The van der Waals surface area contributed by atoms with Gasteiger partial charge in [-0.05, 0) is 273 Å². The van der Waals surface area contributed by atoms with E-state index in [9.17, 15) is 0 Å². The molecule has 0 aromatic heterocycles. The van der Waals surface area contributed by atoms with E-state index in [0.29, 0.717) is 41.4 Å². The number of fused-ring (bicyclic) bond motifs is 9. The molecule has 0 bridgehead atoms. The van der Waals surface area contributed by atoms with Gasteiger partial charge in [0, 0.05) is 82.9 Å². The molecule has 666 valence electrons. The lowest BCUT2D eigenvalue weighted by molar-refractivity contribution is -0.741. The fourth-order valence-electron chi connectivity index (χ4n) is 23.3. The summed E-state index contributed by atoms with van der Waals surface area (Å²) in [5, 5.41) is 7.98. The first-order valence-corrected chi connectivity index (χ1v) is 48.5. The highest BCUT2D eigenvalue weighted by Gasteiger charge is 2.66. The second-order valence-corrected chi connectivity index (χ2v) is 41.6. The molecule has 3 heterocycles. The topological polar surface area (TPSA) is 18.1 Å². The molecule has 12 aromatic rings. The van der Waals surface area contributed by atoms with Crippen molar-refractivity contribution in [1.29, 1.82) is 0 Å². The first kappa shape index (κ1) is 92.2. The second kappa shape index (κ2) is 35.5. The molecular formula is C125H142N6+6. The smallest absolute Gasteiger partial charge is 0.121 e. The van der Waals surface area contributed by atoms with E-state index < -0.39 is 0 Å². The Labute approximate surface area is 784 Å². The summed E-state index contributed by atoms with van der Waals surface area (Å²) in [7, 11) is 0. The molecule has 0 N–H and O–H groups in total. The average molecular weight is 1730 g/mol. The third kappa shape index (κ3) is 15.3. The van der Waals surface area contributed by atoms with Crippen LogP contribution in [0.5, 0.6) is 0 Å². The largest absolute Gasteiger partial charge is 0.357 e. The summed E-state index contributed by atoms with van der Waals surface area (Å²) in [6.45, 7) is 83.0.